The van der Waals surface area contributed by atoms with E-state index in [2.05, 4.69) is 5.16 Å². The SMILES string of the molecule is Cc1c(-c2cc(C(=O)O)on2)c2cc(F)ccc2n1C. The van der Waals surface area contributed by atoms with Crippen LogP contribution in [0.3, 0.4) is 0 Å². The number of benzene rings is 1. The number of aryl methyl sites for hydroxylation is 1. The number of rotatable bonds is 2. The minimum Gasteiger partial charge on any atom is -0.475 e. The molecule has 0 radical (unpaired) electrons. The van der Waals surface area contributed by atoms with Gasteiger partial charge in [-0.05, 0) is 25.1 Å². The molecule has 2 aromatic heterocycles. The largest absolute Gasteiger partial charge is 0.475 e. The van der Waals surface area contributed by atoms with Gasteiger partial charge >= 0.3 is 5.97 Å². The highest BCUT2D eigenvalue weighted by atomic mass is 19.1. The van der Waals surface area contributed by atoms with Gasteiger partial charge in [-0.2, -0.15) is 0 Å². The van der Waals surface area contributed by atoms with Crippen LogP contribution in [-0.2, 0) is 7.05 Å². The summed E-state index contributed by atoms with van der Waals surface area (Å²) in [5, 5.41) is 13.3. The van der Waals surface area contributed by atoms with Gasteiger partial charge in [-0.15, -0.1) is 0 Å². The highest BCUT2D eigenvalue weighted by Gasteiger charge is 2.19. The Morgan fingerprint density at radius 1 is 1.40 bits per heavy atom. The van der Waals surface area contributed by atoms with Crippen molar-refractivity contribution in [3.8, 4) is 11.3 Å². The highest BCUT2D eigenvalue weighted by Crippen LogP contribution is 2.34. The molecule has 0 unspecified atom stereocenters. The second-order valence-corrected chi connectivity index (χ2v) is 4.56. The van der Waals surface area contributed by atoms with Crippen molar-refractivity contribution < 1.29 is 18.8 Å². The molecule has 2 heterocycles. The standard InChI is InChI=1S/C14H11FN2O3/c1-7-13(10-6-12(14(18)19)20-16-10)9-5-8(15)3-4-11(9)17(7)2/h3-6H,1-2H3,(H,18,19). The molecule has 0 bridgehead atoms. The first-order chi connectivity index (χ1) is 9.49. The number of fused-ring (bicyclic) bond motifs is 1. The van der Waals surface area contributed by atoms with Gasteiger partial charge in [0.25, 0.3) is 0 Å². The van der Waals surface area contributed by atoms with Crippen LogP contribution in [0.5, 0.6) is 0 Å². The molecular formula is C14H11FN2O3. The molecule has 0 aliphatic carbocycles. The van der Waals surface area contributed by atoms with Gasteiger partial charge in [0.2, 0.25) is 5.76 Å². The first-order valence-electron chi connectivity index (χ1n) is 5.94. The molecule has 5 nitrogen and oxygen atoms in total. The molecule has 0 aliphatic rings. The van der Waals surface area contributed by atoms with E-state index in [1.54, 1.807) is 6.07 Å². The molecular weight excluding hydrogens is 263 g/mol. The average Bonchev–Trinajstić information content (AvgIpc) is 2.95. The molecule has 0 spiro atoms. The van der Waals surface area contributed by atoms with E-state index in [1.807, 2.05) is 18.5 Å². The zero-order chi connectivity index (χ0) is 14.4. The van der Waals surface area contributed by atoms with Crippen LogP contribution in [0.25, 0.3) is 22.2 Å². The van der Waals surface area contributed by atoms with Gasteiger partial charge in [-0.1, -0.05) is 5.16 Å². The van der Waals surface area contributed by atoms with Crippen LogP contribution in [0, 0.1) is 12.7 Å². The number of halogens is 1. The Hall–Kier alpha value is -2.63. The summed E-state index contributed by atoms with van der Waals surface area (Å²) in [7, 11) is 1.86. The lowest BCUT2D eigenvalue weighted by Gasteiger charge is -1.98. The lowest BCUT2D eigenvalue weighted by Crippen LogP contribution is -1.92. The summed E-state index contributed by atoms with van der Waals surface area (Å²) in [5.41, 5.74) is 2.77. The van der Waals surface area contributed by atoms with Crippen molar-refractivity contribution in [1.29, 1.82) is 0 Å². The lowest BCUT2D eigenvalue weighted by atomic mass is 10.1. The van der Waals surface area contributed by atoms with Crippen molar-refractivity contribution >= 4 is 16.9 Å². The van der Waals surface area contributed by atoms with E-state index >= 15 is 0 Å². The summed E-state index contributed by atoms with van der Waals surface area (Å²) in [6.45, 7) is 1.86. The van der Waals surface area contributed by atoms with E-state index in [1.165, 1.54) is 18.2 Å². The number of carboxylic acids is 1. The molecule has 102 valence electrons. The van der Waals surface area contributed by atoms with Crippen LogP contribution >= 0.6 is 0 Å². The van der Waals surface area contributed by atoms with Gasteiger partial charge < -0.3 is 14.2 Å². The van der Waals surface area contributed by atoms with Crippen LogP contribution in [0.4, 0.5) is 4.39 Å². The van der Waals surface area contributed by atoms with Gasteiger partial charge in [0, 0.05) is 35.3 Å². The monoisotopic (exact) mass is 274 g/mol. The number of nitrogens with zero attached hydrogens (tertiary/aromatic N) is 2. The Morgan fingerprint density at radius 2 is 2.15 bits per heavy atom. The maximum absolute atomic E-state index is 13.5. The minimum absolute atomic E-state index is 0.243. The molecule has 1 N–H and O–H groups in total. The second-order valence-electron chi connectivity index (χ2n) is 4.56. The van der Waals surface area contributed by atoms with Gasteiger partial charge in [-0.25, -0.2) is 9.18 Å². The number of hydrogen-bond acceptors (Lipinski definition) is 3. The average molecular weight is 274 g/mol. The van der Waals surface area contributed by atoms with Crippen molar-refractivity contribution in [2.24, 2.45) is 7.05 Å². The highest BCUT2D eigenvalue weighted by molar-refractivity contribution is 5.98. The van der Waals surface area contributed by atoms with Crippen molar-refractivity contribution in [2.75, 3.05) is 0 Å². The third-order valence-electron chi connectivity index (χ3n) is 3.43. The number of aromatic carboxylic acids is 1. The van der Waals surface area contributed by atoms with Gasteiger partial charge in [0.1, 0.15) is 11.5 Å². The summed E-state index contributed by atoms with van der Waals surface area (Å²) in [4.78, 5) is 10.9. The van der Waals surface area contributed by atoms with E-state index in [0.29, 0.717) is 16.6 Å². The minimum atomic E-state index is -1.19. The summed E-state index contributed by atoms with van der Waals surface area (Å²) in [5.74, 6) is -1.79. The Balaban J connectivity index is 2.31. The Labute approximate surface area is 113 Å². The number of hydrogen-bond donors (Lipinski definition) is 1. The van der Waals surface area contributed by atoms with Gasteiger partial charge in [0.15, 0.2) is 0 Å². The molecule has 3 aromatic rings. The first kappa shape index (κ1) is 12.4. The summed E-state index contributed by atoms with van der Waals surface area (Å²) in [6.07, 6.45) is 0. The summed E-state index contributed by atoms with van der Waals surface area (Å²) < 4.78 is 20.1. The molecule has 6 heteroatoms. The first-order valence-corrected chi connectivity index (χ1v) is 5.94. The topological polar surface area (TPSA) is 68.3 Å². The van der Waals surface area contributed by atoms with E-state index < -0.39 is 5.97 Å². The van der Waals surface area contributed by atoms with E-state index in [9.17, 15) is 9.18 Å². The smallest absolute Gasteiger partial charge is 0.374 e. The normalized spacial score (nSPS) is 11.2. The Kier molecular flexibility index (Phi) is 2.60. The molecule has 0 aliphatic heterocycles. The maximum atomic E-state index is 13.5. The van der Waals surface area contributed by atoms with E-state index in [-0.39, 0.29) is 11.6 Å². The maximum Gasteiger partial charge on any atom is 0.374 e. The van der Waals surface area contributed by atoms with Gasteiger partial charge in [-0.3, -0.25) is 0 Å². The van der Waals surface area contributed by atoms with Crippen molar-refractivity contribution in [3.05, 3.63) is 41.5 Å². The van der Waals surface area contributed by atoms with E-state index in [0.717, 1.165) is 11.2 Å². The molecule has 1 aromatic carbocycles. The van der Waals surface area contributed by atoms with Crippen molar-refractivity contribution in [3.63, 3.8) is 0 Å². The lowest BCUT2D eigenvalue weighted by molar-refractivity contribution is 0.0652. The van der Waals surface area contributed by atoms with Crippen LogP contribution < -0.4 is 0 Å². The third kappa shape index (κ3) is 1.69. The van der Waals surface area contributed by atoms with Crippen LogP contribution in [0.15, 0.2) is 28.8 Å². The fourth-order valence-electron chi connectivity index (χ4n) is 2.36. The van der Waals surface area contributed by atoms with Crippen LogP contribution in [0.2, 0.25) is 0 Å². The fourth-order valence-corrected chi connectivity index (χ4v) is 2.36. The molecule has 0 fully saturated rings. The number of carbonyl (C=O) groups is 1. The van der Waals surface area contributed by atoms with Gasteiger partial charge in [0.05, 0.1) is 0 Å². The second kappa shape index (κ2) is 4.19. The Morgan fingerprint density at radius 3 is 2.80 bits per heavy atom. The molecule has 0 atom stereocenters. The van der Waals surface area contributed by atoms with Crippen molar-refractivity contribution in [1.82, 2.24) is 9.72 Å². The quantitative estimate of drug-likeness (QED) is 0.780. The third-order valence-corrected chi connectivity index (χ3v) is 3.43. The molecule has 3 rings (SSSR count). The predicted molar refractivity (Wildman–Crippen MR) is 70.1 cm³/mol. The van der Waals surface area contributed by atoms with Crippen molar-refractivity contribution in [2.45, 2.75) is 6.92 Å². The van der Waals surface area contributed by atoms with Crippen LogP contribution in [-0.4, -0.2) is 20.8 Å². The molecule has 20 heavy (non-hydrogen) atoms. The number of carboxylic acid groups (broad SMARTS) is 1. The molecule has 0 saturated carbocycles. The molecule has 0 amide bonds. The predicted octanol–water partition coefficient (Wildman–Crippen LogP) is 2.98. The number of aromatic nitrogens is 2. The zero-order valence-corrected chi connectivity index (χ0v) is 10.8. The summed E-state index contributed by atoms with van der Waals surface area (Å²) >= 11 is 0. The zero-order valence-electron chi connectivity index (χ0n) is 10.8. The van der Waals surface area contributed by atoms with Crippen LogP contribution in [0.1, 0.15) is 16.2 Å². The van der Waals surface area contributed by atoms with E-state index in [4.69, 9.17) is 9.63 Å². The molecule has 0 saturated heterocycles. The fraction of sp³-hybridized carbons (Fsp3) is 0.143. The summed E-state index contributed by atoms with van der Waals surface area (Å²) in [6, 6.07) is 5.82. The Bertz CT molecular complexity index is 832.